The Bertz CT molecular complexity index is 397. The van der Waals surface area contributed by atoms with E-state index in [1.54, 1.807) is 0 Å². The van der Waals surface area contributed by atoms with Crippen LogP contribution in [0.2, 0.25) is 0 Å². The molecule has 126 valence electrons. The minimum absolute atomic E-state index is 0. The standard InChI is InChI=1S/C12H26N4O3S.HI/c1-3-13-12(15-10-11-6-4-9-19-11)14-7-5-8-16-20(2,17)18;/h11,16H,3-10H2,1-2H3,(H2,13,14,15);1H. The van der Waals surface area contributed by atoms with Crippen LogP contribution in [-0.4, -0.2) is 59.5 Å². The molecule has 0 radical (unpaired) electrons. The van der Waals surface area contributed by atoms with Crippen molar-refractivity contribution in [2.75, 3.05) is 39.0 Å². The van der Waals surface area contributed by atoms with Crippen LogP contribution in [0.5, 0.6) is 0 Å². The molecule has 0 spiro atoms. The molecule has 3 N–H and O–H groups in total. The van der Waals surface area contributed by atoms with Crippen LogP contribution in [0.1, 0.15) is 26.2 Å². The molecule has 1 heterocycles. The summed E-state index contributed by atoms with van der Waals surface area (Å²) >= 11 is 0. The van der Waals surface area contributed by atoms with Gasteiger partial charge in [0.1, 0.15) is 0 Å². The molecule has 1 atom stereocenters. The Morgan fingerprint density at radius 1 is 1.33 bits per heavy atom. The van der Waals surface area contributed by atoms with Gasteiger partial charge in [-0.15, -0.1) is 24.0 Å². The van der Waals surface area contributed by atoms with Crippen LogP contribution in [0.25, 0.3) is 0 Å². The molecule has 1 aliphatic rings. The van der Waals surface area contributed by atoms with Gasteiger partial charge in [-0.3, -0.25) is 4.99 Å². The molecular formula is C12H27IN4O3S. The fraction of sp³-hybridized carbons (Fsp3) is 0.917. The summed E-state index contributed by atoms with van der Waals surface area (Å²) in [6, 6.07) is 0. The Morgan fingerprint density at radius 2 is 2.10 bits per heavy atom. The summed E-state index contributed by atoms with van der Waals surface area (Å²) in [6.45, 7) is 5.39. The van der Waals surface area contributed by atoms with E-state index in [0.717, 1.165) is 38.2 Å². The summed E-state index contributed by atoms with van der Waals surface area (Å²) in [7, 11) is -3.10. The second-order valence-electron chi connectivity index (χ2n) is 4.80. The highest BCUT2D eigenvalue weighted by atomic mass is 127. The molecule has 0 bridgehead atoms. The first kappa shape index (κ1) is 20.9. The van der Waals surface area contributed by atoms with E-state index in [-0.39, 0.29) is 30.1 Å². The van der Waals surface area contributed by atoms with Gasteiger partial charge in [-0.25, -0.2) is 13.1 Å². The zero-order valence-electron chi connectivity index (χ0n) is 12.7. The number of aliphatic imine (C=N–C) groups is 1. The Hall–Kier alpha value is -0.130. The van der Waals surface area contributed by atoms with Gasteiger partial charge in [-0.1, -0.05) is 0 Å². The largest absolute Gasteiger partial charge is 0.376 e. The van der Waals surface area contributed by atoms with Gasteiger partial charge in [0.2, 0.25) is 10.0 Å². The van der Waals surface area contributed by atoms with E-state index >= 15 is 0 Å². The van der Waals surface area contributed by atoms with Crippen molar-refractivity contribution < 1.29 is 13.2 Å². The van der Waals surface area contributed by atoms with E-state index in [0.29, 0.717) is 26.1 Å². The quantitative estimate of drug-likeness (QED) is 0.221. The number of ether oxygens (including phenoxy) is 1. The third kappa shape index (κ3) is 11.1. The summed E-state index contributed by atoms with van der Waals surface area (Å²) in [6.07, 6.45) is 4.28. The second-order valence-corrected chi connectivity index (χ2v) is 6.63. The van der Waals surface area contributed by atoms with Gasteiger partial charge < -0.3 is 15.4 Å². The Balaban J connectivity index is 0.00000400. The third-order valence-electron chi connectivity index (χ3n) is 2.83. The summed E-state index contributed by atoms with van der Waals surface area (Å²) in [5, 5.41) is 6.34. The lowest BCUT2D eigenvalue weighted by Crippen LogP contribution is -2.39. The topological polar surface area (TPSA) is 91.8 Å². The van der Waals surface area contributed by atoms with Crippen LogP contribution in [0.15, 0.2) is 4.99 Å². The van der Waals surface area contributed by atoms with Crippen molar-refractivity contribution in [3.63, 3.8) is 0 Å². The van der Waals surface area contributed by atoms with Gasteiger partial charge in [-0.2, -0.15) is 0 Å². The van der Waals surface area contributed by atoms with Crippen molar-refractivity contribution in [1.29, 1.82) is 0 Å². The van der Waals surface area contributed by atoms with E-state index in [1.165, 1.54) is 0 Å². The molecular weight excluding hydrogens is 407 g/mol. The average molecular weight is 434 g/mol. The maximum absolute atomic E-state index is 10.9. The number of hydrogen-bond acceptors (Lipinski definition) is 4. The van der Waals surface area contributed by atoms with Gasteiger partial charge in [-0.05, 0) is 26.2 Å². The van der Waals surface area contributed by atoms with Crippen molar-refractivity contribution >= 4 is 40.0 Å². The molecule has 7 nitrogen and oxygen atoms in total. The predicted octanol–water partition coefficient (Wildman–Crippen LogP) is 0.278. The highest BCUT2D eigenvalue weighted by molar-refractivity contribution is 14.0. The lowest BCUT2D eigenvalue weighted by Gasteiger charge is -2.12. The third-order valence-corrected chi connectivity index (χ3v) is 3.56. The zero-order valence-corrected chi connectivity index (χ0v) is 15.9. The molecule has 0 aromatic heterocycles. The molecule has 21 heavy (non-hydrogen) atoms. The number of rotatable bonds is 8. The molecule has 0 aromatic carbocycles. The number of guanidine groups is 1. The number of halogens is 1. The number of sulfonamides is 1. The van der Waals surface area contributed by atoms with Gasteiger partial charge >= 0.3 is 0 Å². The first-order chi connectivity index (χ1) is 9.51. The Morgan fingerprint density at radius 3 is 2.67 bits per heavy atom. The van der Waals surface area contributed by atoms with Crippen molar-refractivity contribution in [2.45, 2.75) is 32.3 Å². The van der Waals surface area contributed by atoms with E-state index in [9.17, 15) is 8.42 Å². The van der Waals surface area contributed by atoms with Gasteiger partial charge in [0.25, 0.3) is 0 Å². The maximum atomic E-state index is 10.9. The average Bonchev–Trinajstić information content (AvgIpc) is 2.87. The summed E-state index contributed by atoms with van der Waals surface area (Å²) in [5.41, 5.74) is 0. The lowest BCUT2D eigenvalue weighted by molar-refractivity contribution is 0.117. The minimum Gasteiger partial charge on any atom is -0.376 e. The SMILES string of the molecule is CCNC(=NCC1CCCO1)NCCCNS(C)(=O)=O.I. The highest BCUT2D eigenvalue weighted by Gasteiger charge is 2.14. The van der Waals surface area contributed by atoms with Crippen LogP contribution >= 0.6 is 24.0 Å². The smallest absolute Gasteiger partial charge is 0.208 e. The van der Waals surface area contributed by atoms with Crippen LogP contribution in [0.4, 0.5) is 0 Å². The van der Waals surface area contributed by atoms with Gasteiger partial charge in [0, 0.05) is 26.2 Å². The van der Waals surface area contributed by atoms with Crippen LogP contribution < -0.4 is 15.4 Å². The van der Waals surface area contributed by atoms with E-state index in [1.807, 2.05) is 6.92 Å². The summed E-state index contributed by atoms with van der Waals surface area (Å²) in [4.78, 5) is 4.47. The Kier molecular flexibility index (Phi) is 11.4. The maximum Gasteiger partial charge on any atom is 0.208 e. The monoisotopic (exact) mass is 434 g/mol. The molecule has 0 aromatic rings. The van der Waals surface area contributed by atoms with Crippen LogP contribution in [0, 0.1) is 0 Å². The molecule has 0 aliphatic carbocycles. The van der Waals surface area contributed by atoms with Crippen molar-refractivity contribution in [3.8, 4) is 0 Å². The number of nitrogens with zero attached hydrogens (tertiary/aromatic N) is 1. The highest BCUT2D eigenvalue weighted by Crippen LogP contribution is 2.11. The number of nitrogens with one attached hydrogen (secondary N) is 3. The second kappa shape index (κ2) is 11.4. The molecule has 1 unspecified atom stereocenters. The first-order valence-electron chi connectivity index (χ1n) is 7.09. The normalized spacial score (nSPS) is 19.1. The number of hydrogen-bond donors (Lipinski definition) is 3. The summed E-state index contributed by atoms with van der Waals surface area (Å²) < 4.78 is 29.8. The molecule has 0 saturated carbocycles. The fourth-order valence-corrected chi connectivity index (χ4v) is 2.39. The van der Waals surface area contributed by atoms with E-state index < -0.39 is 10.0 Å². The molecule has 9 heteroatoms. The van der Waals surface area contributed by atoms with Crippen LogP contribution in [0.3, 0.4) is 0 Å². The molecule has 0 amide bonds. The Labute approximate surface area is 144 Å². The zero-order chi connectivity index (χ0) is 14.8. The van der Waals surface area contributed by atoms with Crippen molar-refractivity contribution in [3.05, 3.63) is 0 Å². The predicted molar refractivity (Wildman–Crippen MR) is 95.8 cm³/mol. The van der Waals surface area contributed by atoms with Gasteiger partial charge in [0.15, 0.2) is 5.96 Å². The van der Waals surface area contributed by atoms with Crippen LogP contribution in [-0.2, 0) is 14.8 Å². The van der Waals surface area contributed by atoms with Gasteiger partial charge in [0.05, 0.1) is 18.9 Å². The van der Waals surface area contributed by atoms with E-state index in [2.05, 4.69) is 20.3 Å². The van der Waals surface area contributed by atoms with Crippen molar-refractivity contribution in [1.82, 2.24) is 15.4 Å². The lowest BCUT2D eigenvalue weighted by atomic mass is 10.2. The molecule has 1 fully saturated rings. The molecule has 1 rings (SSSR count). The summed E-state index contributed by atoms with van der Waals surface area (Å²) in [5.74, 6) is 0.752. The first-order valence-corrected chi connectivity index (χ1v) is 8.99. The molecule has 1 saturated heterocycles. The minimum atomic E-state index is -3.10. The van der Waals surface area contributed by atoms with Crippen molar-refractivity contribution in [2.24, 2.45) is 4.99 Å². The van der Waals surface area contributed by atoms with E-state index in [4.69, 9.17) is 4.74 Å². The fourth-order valence-electron chi connectivity index (χ4n) is 1.88. The molecule has 1 aliphatic heterocycles.